The summed E-state index contributed by atoms with van der Waals surface area (Å²) in [7, 11) is 0. The summed E-state index contributed by atoms with van der Waals surface area (Å²) in [6, 6.07) is -0.0386. The second kappa shape index (κ2) is 6.22. The standard InChI is InChI=1S/C10H14N4O3S2/c1-18-6-7(2-4-15)11-8-9(14(16)17)13-3-5-19-10(13)12-8/h3,5,7,11,15H,2,4,6H2,1H3. The summed E-state index contributed by atoms with van der Waals surface area (Å²) in [5, 5.41) is 25.0. The van der Waals surface area contributed by atoms with Crippen molar-refractivity contribution in [1.29, 1.82) is 0 Å². The summed E-state index contributed by atoms with van der Waals surface area (Å²) in [5.74, 6) is 0.965. The monoisotopic (exact) mass is 302 g/mol. The van der Waals surface area contributed by atoms with Crippen LogP contribution in [0.4, 0.5) is 11.6 Å². The van der Waals surface area contributed by atoms with E-state index in [1.54, 1.807) is 23.3 Å². The number of aliphatic hydroxyl groups is 1. The third-order valence-electron chi connectivity index (χ3n) is 2.60. The molecule has 104 valence electrons. The molecule has 0 aromatic carbocycles. The Morgan fingerprint density at radius 3 is 3.16 bits per heavy atom. The van der Waals surface area contributed by atoms with Crippen molar-refractivity contribution in [1.82, 2.24) is 9.38 Å². The Kier molecular flexibility index (Phi) is 4.61. The van der Waals surface area contributed by atoms with Crippen LogP contribution < -0.4 is 5.32 Å². The predicted molar refractivity (Wildman–Crippen MR) is 77.2 cm³/mol. The van der Waals surface area contributed by atoms with E-state index in [4.69, 9.17) is 5.11 Å². The van der Waals surface area contributed by atoms with Crippen LogP contribution >= 0.6 is 23.1 Å². The molecule has 19 heavy (non-hydrogen) atoms. The lowest BCUT2D eigenvalue weighted by Gasteiger charge is -2.15. The summed E-state index contributed by atoms with van der Waals surface area (Å²) in [6.45, 7) is 0.0360. The largest absolute Gasteiger partial charge is 0.396 e. The number of nitro groups is 1. The topological polar surface area (TPSA) is 92.7 Å². The minimum atomic E-state index is -0.440. The van der Waals surface area contributed by atoms with Crippen LogP contribution in [0.2, 0.25) is 0 Å². The van der Waals surface area contributed by atoms with E-state index in [9.17, 15) is 10.1 Å². The Morgan fingerprint density at radius 1 is 1.74 bits per heavy atom. The van der Waals surface area contributed by atoms with Gasteiger partial charge < -0.3 is 20.5 Å². The first-order valence-corrected chi connectivity index (χ1v) is 7.91. The number of nitrogens with zero attached hydrogens (tertiary/aromatic N) is 3. The van der Waals surface area contributed by atoms with Crippen molar-refractivity contribution >= 4 is 39.7 Å². The van der Waals surface area contributed by atoms with Gasteiger partial charge in [0.2, 0.25) is 5.82 Å². The number of thioether (sulfide) groups is 1. The predicted octanol–water partition coefficient (Wildman–Crippen LogP) is 1.83. The average molecular weight is 302 g/mol. The van der Waals surface area contributed by atoms with Crippen LogP contribution in [-0.4, -0.2) is 44.1 Å². The van der Waals surface area contributed by atoms with E-state index in [2.05, 4.69) is 10.3 Å². The second-order valence-corrected chi connectivity index (χ2v) is 5.69. The molecular formula is C10H14N4O3S2. The van der Waals surface area contributed by atoms with Crippen LogP contribution in [0.1, 0.15) is 6.42 Å². The number of hydrogen-bond acceptors (Lipinski definition) is 7. The maximum Gasteiger partial charge on any atom is 0.372 e. The fraction of sp³-hybridized carbons (Fsp3) is 0.500. The number of anilines is 1. The molecule has 2 N–H and O–H groups in total. The maximum atomic E-state index is 11.1. The van der Waals surface area contributed by atoms with Gasteiger partial charge in [0.15, 0.2) is 0 Å². The van der Waals surface area contributed by atoms with Gasteiger partial charge in [-0.3, -0.25) is 0 Å². The summed E-state index contributed by atoms with van der Waals surface area (Å²) in [6.07, 6.45) is 4.11. The van der Waals surface area contributed by atoms with Crippen molar-refractivity contribution in [3.8, 4) is 0 Å². The smallest absolute Gasteiger partial charge is 0.372 e. The molecule has 0 fully saturated rings. The number of nitrogens with one attached hydrogen (secondary N) is 1. The van der Waals surface area contributed by atoms with Crippen molar-refractivity contribution in [3.63, 3.8) is 0 Å². The number of rotatable bonds is 7. The molecule has 0 aliphatic rings. The van der Waals surface area contributed by atoms with E-state index in [0.29, 0.717) is 11.4 Å². The molecule has 9 heteroatoms. The molecule has 1 unspecified atom stereocenters. The number of hydrogen-bond donors (Lipinski definition) is 2. The van der Waals surface area contributed by atoms with Gasteiger partial charge in [-0.1, -0.05) is 11.3 Å². The number of aromatic nitrogens is 2. The van der Waals surface area contributed by atoms with Gasteiger partial charge in [-0.15, -0.1) is 0 Å². The van der Waals surface area contributed by atoms with E-state index >= 15 is 0 Å². The highest BCUT2D eigenvalue weighted by Crippen LogP contribution is 2.29. The molecular weight excluding hydrogens is 288 g/mol. The van der Waals surface area contributed by atoms with E-state index in [1.807, 2.05) is 6.26 Å². The van der Waals surface area contributed by atoms with Crippen molar-refractivity contribution in [3.05, 3.63) is 21.7 Å². The molecule has 0 aliphatic heterocycles. The molecule has 0 aliphatic carbocycles. The minimum Gasteiger partial charge on any atom is -0.396 e. The molecule has 2 aromatic rings. The first kappa shape index (κ1) is 14.1. The van der Waals surface area contributed by atoms with Crippen LogP contribution in [-0.2, 0) is 0 Å². The summed E-state index contributed by atoms with van der Waals surface area (Å²) in [5.41, 5.74) is 0. The number of imidazole rings is 1. The minimum absolute atomic E-state index is 0.0360. The quantitative estimate of drug-likeness (QED) is 0.599. The summed E-state index contributed by atoms with van der Waals surface area (Å²) >= 11 is 2.96. The second-order valence-electron chi connectivity index (χ2n) is 3.91. The molecule has 1 atom stereocenters. The normalized spacial score (nSPS) is 12.7. The summed E-state index contributed by atoms with van der Waals surface area (Å²) < 4.78 is 1.46. The van der Waals surface area contributed by atoms with E-state index in [0.717, 1.165) is 5.75 Å². The zero-order chi connectivity index (χ0) is 13.8. The van der Waals surface area contributed by atoms with Gasteiger partial charge in [0.1, 0.15) is 6.20 Å². The van der Waals surface area contributed by atoms with E-state index < -0.39 is 4.92 Å². The lowest BCUT2D eigenvalue weighted by molar-refractivity contribution is -0.389. The van der Waals surface area contributed by atoms with Crippen LogP contribution in [0, 0.1) is 10.1 Å². The molecule has 0 saturated carbocycles. The van der Waals surface area contributed by atoms with Gasteiger partial charge in [-0.25, -0.2) is 0 Å². The van der Waals surface area contributed by atoms with E-state index in [1.165, 1.54) is 15.7 Å². The first-order valence-electron chi connectivity index (χ1n) is 5.63. The molecule has 0 saturated heterocycles. The molecule has 0 spiro atoms. The lowest BCUT2D eigenvalue weighted by Crippen LogP contribution is -2.24. The third kappa shape index (κ3) is 2.99. The highest BCUT2D eigenvalue weighted by atomic mass is 32.2. The number of thiazole rings is 1. The molecule has 0 bridgehead atoms. The number of aliphatic hydroxyl groups excluding tert-OH is 1. The van der Waals surface area contributed by atoms with Crippen molar-refractivity contribution in [2.24, 2.45) is 0 Å². The molecule has 2 aromatic heterocycles. The van der Waals surface area contributed by atoms with Crippen molar-refractivity contribution in [2.75, 3.05) is 23.9 Å². The SMILES string of the molecule is CSCC(CCO)Nc1nc2sccn2c1[N+](=O)[O-]. The number of fused-ring (bicyclic) bond motifs is 1. The van der Waals surface area contributed by atoms with Gasteiger partial charge >= 0.3 is 5.82 Å². The maximum absolute atomic E-state index is 11.1. The lowest BCUT2D eigenvalue weighted by atomic mass is 10.2. The van der Waals surface area contributed by atoms with Crippen molar-refractivity contribution < 1.29 is 10.0 Å². The van der Waals surface area contributed by atoms with Gasteiger partial charge in [0.05, 0.1) is 0 Å². The van der Waals surface area contributed by atoms with Gasteiger partial charge in [-0.2, -0.15) is 21.1 Å². The molecule has 0 amide bonds. The Bertz CT molecular complexity index is 562. The molecule has 2 heterocycles. The molecule has 2 rings (SSSR count). The van der Waals surface area contributed by atoms with Crippen LogP contribution in [0.15, 0.2) is 11.6 Å². The molecule has 7 nitrogen and oxygen atoms in total. The van der Waals surface area contributed by atoms with Crippen LogP contribution in [0.3, 0.4) is 0 Å². The van der Waals surface area contributed by atoms with E-state index in [-0.39, 0.29) is 24.3 Å². The van der Waals surface area contributed by atoms with Crippen molar-refractivity contribution in [2.45, 2.75) is 12.5 Å². The zero-order valence-corrected chi connectivity index (χ0v) is 11.9. The zero-order valence-electron chi connectivity index (χ0n) is 10.3. The van der Waals surface area contributed by atoms with Gasteiger partial charge in [-0.05, 0) is 17.6 Å². The Labute approximate surface area is 117 Å². The average Bonchev–Trinajstić information content (AvgIpc) is 2.88. The highest BCUT2D eigenvalue weighted by Gasteiger charge is 2.25. The molecule has 0 radical (unpaired) electrons. The van der Waals surface area contributed by atoms with Crippen LogP contribution in [0.5, 0.6) is 0 Å². The summed E-state index contributed by atoms with van der Waals surface area (Å²) in [4.78, 5) is 15.5. The Balaban J connectivity index is 2.30. The Morgan fingerprint density at radius 2 is 2.53 bits per heavy atom. The highest BCUT2D eigenvalue weighted by molar-refractivity contribution is 7.98. The van der Waals surface area contributed by atoms with Gasteiger partial charge in [0.25, 0.3) is 4.96 Å². The fourth-order valence-corrected chi connectivity index (χ4v) is 3.15. The van der Waals surface area contributed by atoms with Crippen LogP contribution in [0.25, 0.3) is 4.96 Å². The van der Waals surface area contributed by atoms with Gasteiger partial charge in [0, 0.05) is 23.8 Å². The first-order chi connectivity index (χ1) is 9.17. The third-order valence-corrected chi connectivity index (χ3v) is 4.09. The Hall–Kier alpha value is -1.32. The fourth-order valence-electron chi connectivity index (χ4n) is 1.79.